The van der Waals surface area contributed by atoms with Gasteiger partial charge in [0.1, 0.15) is 0 Å². The van der Waals surface area contributed by atoms with E-state index in [-0.39, 0.29) is 12.2 Å². The molecular weight excluding hydrogens is 268 g/mol. The number of thioether (sulfide) groups is 1. The van der Waals surface area contributed by atoms with Gasteiger partial charge in [0.25, 0.3) is 0 Å². The predicted octanol–water partition coefficient (Wildman–Crippen LogP) is 3.10. The Kier molecular flexibility index (Phi) is 5.06. The molecule has 1 N–H and O–H groups in total. The van der Waals surface area contributed by atoms with E-state index in [9.17, 15) is 4.79 Å². The van der Waals surface area contributed by atoms with Crippen LogP contribution in [0, 0.1) is 11.8 Å². The van der Waals surface area contributed by atoms with Gasteiger partial charge < -0.3 is 4.90 Å². The molecule has 2 atom stereocenters. The second-order valence-electron chi connectivity index (χ2n) is 7.14. The van der Waals surface area contributed by atoms with Gasteiger partial charge in [0.05, 0.1) is 12.2 Å². The van der Waals surface area contributed by atoms with E-state index >= 15 is 0 Å². The van der Waals surface area contributed by atoms with E-state index in [0.29, 0.717) is 22.5 Å². The summed E-state index contributed by atoms with van der Waals surface area (Å²) in [5.41, 5.74) is 0. The van der Waals surface area contributed by atoms with Gasteiger partial charge in [-0.15, -0.1) is 0 Å². The summed E-state index contributed by atoms with van der Waals surface area (Å²) in [6.45, 7) is 9.61. The Morgan fingerprint density at radius 3 is 2.30 bits per heavy atom. The fourth-order valence-electron chi connectivity index (χ4n) is 3.62. The average molecular weight is 298 g/mol. The lowest BCUT2D eigenvalue weighted by Gasteiger charge is -2.36. The van der Waals surface area contributed by atoms with Crippen LogP contribution < -0.4 is 5.32 Å². The van der Waals surface area contributed by atoms with Crippen molar-refractivity contribution in [3.05, 3.63) is 0 Å². The molecule has 20 heavy (non-hydrogen) atoms. The van der Waals surface area contributed by atoms with Crippen LogP contribution in [-0.4, -0.2) is 40.6 Å². The minimum absolute atomic E-state index is 0.00251. The zero-order valence-electron chi connectivity index (χ0n) is 13.6. The van der Waals surface area contributed by atoms with Gasteiger partial charge in [-0.2, -0.15) is 11.8 Å². The first-order valence-electron chi connectivity index (χ1n) is 8.02. The number of rotatable bonds is 5. The monoisotopic (exact) mass is 298 g/mol. The third kappa shape index (κ3) is 3.01. The number of carbonyl (C=O) groups excluding carboxylic acids is 1. The summed E-state index contributed by atoms with van der Waals surface area (Å²) < 4.78 is 0.302. The number of hydrogen-bond donors (Lipinski definition) is 1. The largest absolute Gasteiger partial charge is 0.324 e. The predicted molar refractivity (Wildman–Crippen MR) is 86.8 cm³/mol. The number of amides is 1. The lowest BCUT2D eigenvalue weighted by atomic mass is 10.0. The third-order valence-corrected chi connectivity index (χ3v) is 6.34. The average Bonchev–Trinajstić information content (AvgIpc) is 2.97. The molecule has 2 aliphatic rings. The van der Waals surface area contributed by atoms with Crippen molar-refractivity contribution in [3.63, 3.8) is 0 Å². The summed E-state index contributed by atoms with van der Waals surface area (Å²) in [6, 6.07) is 0.00251. The highest BCUT2D eigenvalue weighted by atomic mass is 32.2. The van der Waals surface area contributed by atoms with Crippen molar-refractivity contribution in [2.24, 2.45) is 11.8 Å². The minimum atomic E-state index is 0.00251. The standard InChI is InChI=1S/C16H30N2OS/c1-11(2)13-15(19)18(14(17-13)12(3)4)10-16(20-5)8-6-7-9-16/h11-14,17H,6-10H2,1-5H3. The summed E-state index contributed by atoms with van der Waals surface area (Å²) in [7, 11) is 0. The Morgan fingerprint density at radius 2 is 1.85 bits per heavy atom. The molecule has 2 unspecified atom stereocenters. The van der Waals surface area contributed by atoms with Crippen LogP contribution in [0.4, 0.5) is 0 Å². The normalized spacial score (nSPS) is 29.9. The lowest BCUT2D eigenvalue weighted by molar-refractivity contribution is -0.131. The van der Waals surface area contributed by atoms with Gasteiger partial charge in [-0.1, -0.05) is 40.5 Å². The van der Waals surface area contributed by atoms with Gasteiger partial charge in [0.15, 0.2) is 0 Å². The van der Waals surface area contributed by atoms with Crippen molar-refractivity contribution >= 4 is 17.7 Å². The summed E-state index contributed by atoms with van der Waals surface area (Å²) in [6.07, 6.45) is 7.57. The van der Waals surface area contributed by atoms with Crippen LogP contribution in [0.25, 0.3) is 0 Å². The van der Waals surface area contributed by atoms with E-state index in [1.54, 1.807) is 0 Å². The maximum Gasteiger partial charge on any atom is 0.241 e. The van der Waals surface area contributed by atoms with E-state index in [2.05, 4.69) is 44.2 Å². The molecule has 116 valence electrons. The van der Waals surface area contributed by atoms with E-state index in [0.717, 1.165) is 6.54 Å². The molecule has 4 heteroatoms. The summed E-state index contributed by atoms with van der Waals surface area (Å²) >= 11 is 1.97. The van der Waals surface area contributed by atoms with Crippen LogP contribution in [-0.2, 0) is 4.79 Å². The van der Waals surface area contributed by atoms with Crippen LogP contribution in [0.1, 0.15) is 53.4 Å². The first-order chi connectivity index (χ1) is 9.40. The van der Waals surface area contributed by atoms with Crippen molar-refractivity contribution < 1.29 is 4.79 Å². The fourth-order valence-corrected chi connectivity index (χ4v) is 4.59. The molecule has 1 amide bonds. The van der Waals surface area contributed by atoms with Crippen LogP contribution in [0.3, 0.4) is 0 Å². The Morgan fingerprint density at radius 1 is 1.25 bits per heavy atom. The van der Waals surface area contributed by atoms with Gasteiger partial charge in [0, 0.05) is 11.3 Å². The highest BCUT2D eigenvalue weighted by molar-refractivity contribution is 8.00. The topological polar surface area (TPSA) is 32.3 Å². The molecule has 3 nitrogen and oxygen atoms in total. The molecule has 0 spiro atoms. The first kappa shape index (κ1) is 16.2. The molecule has 1 heterocycles. The first-order valence-corrected chi connectivity index (χ1v) is 9.24. The van der Waals surface area contributed by atoms with Crippen LogP contribution in [0.2, 0.25) is 0 Å². The molecule has 1 aliphatic heterocycles. The molecule has 1 saturated carbocycles. The Bertz CT molecular complexity index is 350. The highest BCUT2D eigenvalue weighted by Crippen LogP contribution is 2.42. The highest BCUT2D eigenvalue weighted by Gasteiger charge is 2.45. The zero-order chi connectivity index (χ0) is 14.9. The Labute approximate surface area is 128 Å². The second kappa shape index (κ2) is 6.27. The Balaban J connectivity index is 2.16. The molecule has 0 radical (unpaired) electrons. The molecule has 1 saturated heterocycles. The van der Waals surface area contributed by atoms with Gasteiger partial charge in [0.2, 0.25) is 5.91 Å². The van der Waals surface area contributed by atoms with Crippen LogP contribution in [0.15, 0.2) is 0 Å². The lowest BCUT2D eigenvalue weighted by Crippen LogP contribution is -2.47. The summed E-state index contributed by atoms with van der Waals surface area (Å²) in [5.74, 6) is 1.14. The maximum atomic E-state index is 12.8. The van der Waals surface area contributed by atoms with E-state index < -0.39 is 0 Å². The van der Waals surface area contributed by atoms with Crippen molar-refractivity contribution in [3.8, 4) is 0 Å². The van der Waals surface area contributed by atoms with Crippen LogP contribution in [0.5, 0.6) is 0 Å². The molecule has 0 aromatic carbocycles. The van der Waals surface area contributed by atoms with Gasteiger partial charge >= 0.3 is 0 Å². The molecule has 0 aromatic heterocycles. The summed E-state index contributed by atoms with van der Waals surface area (Å²) in [4.78, 5) is 14.9. The number of hydrogen-bond acceptors (Lipinski definition) is 3. The van der Waals surface area contributed by atoms with Crippen molar-refractivity contribution in [1.82, 2.24) is 10.2 Å². The molecule has 0 aromatic rings. The fraction of sp³-hybridized carbons (Fsp3) is 0.938. The Hall–Kier alpha value is -0.220. The zero-order valence-corrected chi connectivity index (χ0v) is 14.4. The van der Waals surface area contributed by atoms with Gasteiger partial charge in [-0.25, -0.2) is 0 Å². The number of nitrogens with zero attached hydrogens (tertiary/aromatic N) is 1. The second-order valence-corrected chi connectivity index (χ2v) is 8.41. The maximum absolute atomic E-state index is 12.8. The smallest absolute Gasteiger partial charge is 0.241 e. The third-order valence-electron chi connectivity index (χ3n) is 4.94. The number of carbonyl (C=O) groups is 1. The minimum Gasteiger partial charge on any atom is -0.324 e. The molecule has 0 bridgehead atoms. The van der Waals surface area contributed by atoms with E-state index in [4.69, 9.17) is 0 Å². The number of nitrogens with one attached hydrogen (secondary N) is 1. The molecule has 1 aliphatic carbocycles. The van der Waals surface area contributed by atoms with Gasteiger partial charge in [-0.3, -0.25) is 10.1 Å². The molecule has 2 fully saturated rings. The summed E-state index contributed by atoms with van der Waals surface area (Å²) in [5, 5.41) is 3.57. The van der Waals surface area contributed by atoms with Crippen molar-refractivity contribution in [2.75, 3.05) is 12.8 Å². The quantitative estimate of drug-likeness (QED) is 0.846. The van der Waals surface area contributed by atoms with E-state index in [1.807, 2.05) is 11.8 Å². The van der Waals surface area contributed by atoms with E-state index in [1.165, 1.54) is 25.7 Å². The van der Waals surface area contributed by atoms with Gasteiger partial charge in [-0.05, 0) is 30.9 Å². The van der Waals surface area contributed by atoms with Crippen molar-refractivity contribution in [2.45, 2.75) is 70.3 Å². The molecule has 2 rings (SSSR count). The molecular formula is C16H30N2OS. The van der Waals surface area contributed by atoms with Crippen LogP contribution >= 0.6 is 11.8 Å². The SMILES string of the molecule is CSC1(CN2C(=O)C(C(C)C)NC2C(C)C)CCCC1. The van der Waals surface area contributed by atoms with Crippen molar-refractivity contribution in [1.29, 1.82) is 0 Å².